The Bertz CT molecular complexity index is 562. The lowest BCUT2D eigenvalue weighted by atomic mass is 10.2. The minimum atomic E-state index is -0.298. The predicted molar refractivity (Wildman–Crippen MR) is 75.4 cm³/mol. The smallest absolute Gasteiger partial charge is 0.280 e. The lowest BCUT2D eigenvalue weighted by Gasteiger charge is -2.06. The van der Waals surface area contributed by atoms with E-state index >= 15 is 0 Å². The summed E-state index contributed by atoms with van der Waals surface area (Å²) in [6.45, 7) is 2.33. The number of hydrogen-bond donors (Lipinski definition) is 0. The van der Waals surface area contributed by atoms with Gasteiger partial charge in [-0.2, -0.15) is 4.99 Å². The third kappa shape index (κ3) is 3.52. The van der Waals surface area contributed by atoms with Crippen molar-refractivity contribution >= 4 is 11.8 Å². The van der Waals surface area contributed by atoms with Crippen molar-refractivity contribution in [2.75, 3.05) is 6.61 Å². The second-order valence-electron chi connectivity index (χ2n) is 3.89. The molecule has 1 amide bonds. The summed E-state index contributed by atoms with van der Waals surface area (Å²) >= 11 is 0. The Hall–Kier alpha value is -2.42. The number of ether oxygens (including phenoxy) is 1. The lowest BCUT2D eigenvalue weighted by molar-refractivity contribution is 0.0999. The van der Waals surface area contributed by atoms with Crippen LogP contribution in [0.1, 0.15) is 22.8 Å². The summed E-state index contributed by atoms with van der Waals surface area (Å²) in [5.41, 5.74) is 1.35. The highest BCUT2D eigenvalue weighted by Crippen LogP contribution is 2.06. The first-order valence-corrected chi connectivity index (χ1v) is 6.17. The van der Waals surface area contributed by atoms with Gasteiger partial charge in [-0.25, -0.2) is 0 Å². The molecule has 0 bridgehead atoms. The molecular formula is C16H15NO2. The van der Waals surface area contributed by atoms with Crippen LogP contribution in [0.25, 0.3) is 0 Å². The van der Waals surface area contributed by atoms with Gasteiger partial charge < -0.3 is 4.74 Å². The van der Waals surface area contributed by atoms with Gasteiger partial charge in [0.1, 0.15) is 0 Å². The van der Waals surface area contributed by atoms with Crippen LogP contribution in [0.2, 0.25) is 0 Å². The van der Waals surface area contributed by atoms with E-state index in [0.717, 1.165) is 5.56 Å². The van der Waals surface area contributed by atoms with E-state index in [4.69, 9.17) is 4.74 Å². The molecule has 0 unspecified atom stereocenters. The summed E-state index contributed by atoms with van der Waals surface area (Å²) in [5, 5.41) is 0. The molecule has 0 N–H and O–H groups in total. The summed E-state index contributed by atoms with van der Waals surface area (Å²) in [4.78, 5) is 16.1. The molecule has 0 aliphatic carbocycles. The van der Waals surface area contributed by atoms with Gasteiger partial charge in [-0.3, -0.25) is 4.79 Å². The van der Waals surface area contributed by atoms with Gasteiger partial charge in [0, 0.05) is 11.1 Å². The normalized spacial score (nSPS) is 11.1. The SMILES string of the molecule is CCO/C(=N\C(=O)c1ccccc1)c1ccccc1. The van der Waals surface area contributed by atoms with E-state index in [0.29, 0.717) is 18.1 Å². The maximum Gasteiger partial charge on any atom is 0.280 e. The zero-order valence-electron chi connectivity index (χ0n) is 10.7. The largest absolute Gasteiger partial charge is 0.477 e. The summed E-state index contributed by atoms with van der Waals surface area (Å²) in [5.74, 6) is 0.0601. The van der Waals surface area contributed by atoms with Gasteiger partial charge in [-0.05, 0) is 31.2 Å². The van der Waals surface area contributed by atoms with Gasteiger partial charge in [-0.15, -0.1) is 0 Å². The van der Waals surface area contributed by atoms with Crippen LogP contribution < -0.4 is 0 Å². The third-order valence-electron chi connectivity index (χ3n) is 2.53. The highest BCUT2D eigenvalue weighted by Gasteiger charge is 2.09. The molecule has 96 valence electrons. The second-order valence-corrected chi connectivity index (χ2v) is 3.89. The van der Waals surface area contributed by atoms with Crippen molar-refractivity contribution in [1.82, 2.24) is 0 Å². The molecule has 0 spiro atoms. The summed E-state index contributed by atoms with van der Waals surface area (Å²) in [6, 6.07) is 18.4. The Morgan fingerprint density at radius 1 is 0.947 bits per heavy atom. The van der Waals surface area contributed by atoms with Gasteiger partial charge in [0.25, 0.3) is 5.91 Å². The first-order chi connectivity index (χ1) is 9.31. The van der Waals surface area contributed by atoms with Gasteiger partial charge in [0.2, 0.25) is 5.90 Å². The van der Waals surface area contributed by atoms with Crippen molar-refractivity contribution in [1.29, 1.82) is 0 Å². The predicted octanol–water partition coefficient (Wildman–Crippen LogP) is 3.31. The summed E-state index contributed by atoms with van der Waals surface area (Å²) in [7, 11) is 0. The topological polar surface area (TPSA) is 38.7 Å². The Labute approximate surface area is 112 Å². The Morgan fingerprint density at radius 3 is 2.00 bits per heavy atom. The Kier molecular flexibility index (Phi) is 4.45. The van der Waals surface area contributed by atoms with E-state index in [-0.39, 0.29) is 5.91 Å². The first-order valence-electron chi connectivity index (χ1n) is 6.17. The molecule has 0 atom stereocenters. The van der Waals surface area contributed by atoms with Crippen LogP contribution >= 0.6 is 0 Å². The van der Waals surface area contributed by atoms with E-state index < -0.39 is 0 Å². The van der Waals surface area contributed by atoms with Crippen LogP contribution in [0.15, 0.2) is 65.7 Å². The van der Waals surface area contributed by atoms with Gasteiger partial charge in [0.15, 0.2) is 0 Å². The van der Waals surface area contributed by atoms with Crippen LogP contribution in [0.5, 0.6) is 0 Å². The minimum absolute atomic E-state index is 0.298. The third-order valence-corrected chi connectivity index (χ3v) is 2.53. The summed E-state index contributed by atoms with van der Waals surface area (Å²) in [6.07, 6.45) is 0. The first kappa shape index (κ1) is 13.0. The molecule has 3 nitrogen and oxygen atoms in total. The highest BCUT2D eigenvalue weighted by atomic mass is 16.5. The molecule has 2 aromatic carbocycles. The average molecular weight is 253 g/mol. The molecule has 2 rings (SSSR count). The van der Waals surface area contributed by atoms with E-state index in [2.05, 4.69) is 4.99 Å². The summed E-state index contributed by atoms with van der Waals surface area (Å²) < 4.78 is 5.45. The number of nitrogens with zero attached hydrogens (tertiary/aromatic N) is 1. The van der Waals surface area contributed by atoms with E-state index in [1.807, 2.05) is 55.5 Å². The van der Waals surface area contributed by atoms with Crippen LogP contribution in [0.4, 0.5) is 0 Å². The molecule has 0 aromatic heterocycles. The van der Waals surface area contributed by atoms with Gasteiger partial charge in [0.05, 0.1) is 6.61 Å². The number of carbonyl (C=O) groups excluding carboxylic acids is 1. The molecule has 2 aromatic rings. The van der Waals surface area contributed by atoms with Crippen molar-refractivity contribution in [3.05, 3.63) is 71.8 Å². The number of rotatable bonds is 3. The van der Waals surface area contributed by atoms with Gasteiger partial charge >= 0.3 is 0 Å². The van der Waals surface area contributed by atoms with Crippen LogP contribution in [-0.4, -0.2) is 18.4 Å². The quantitative estimate of drug-likeness (QED) is 0.621. The lowest BCUT2D eigenvalue weighted by Crippen LogP contribution is -2.10. The number of carbonyl (C=O) groups is 1. The van der Waals surface area contributed by atoms with Crippen molar-refractivity contribution in [3.63, 3.8) is 0 Å². The minimum Gasteiger partial charge on any atom is -0.477 e. The standard InChI is InChI=1S/C16H15NO2/c1-2-19-16(14-11-7-4-8-12-14)17-15(18)13-9-5-3-6-10-13/h3-12H,2H2,1H3/b17-16-. The number of aliphatic imine (C=N–C) groups is 1. The fourth-order valence-corrected chi connectivity index (χ4v) is 1.64. The molecule has 0 fully saturated rings. The van der Waals surface area contributed by atoms with Crippen molar-refractivity contribution in [2.24, 2.45) is 4.99 Å². The fraction of sp³-hybridized carbons (Fsp3) is 0.125. The fourth-order valence-electron chi connectivity index (χ4n) is 1.64. The van der Waals surface area contributed by atoms with Crippen molar-refractivity contribution in [2.45, 2.75) is 6.92 Å². The van der Waals surface area contributed by atoms with Crippen molar-refractivity contribution < 1.29 is 9.53 Å². The molecule has 0 aliphatic rings. The number of benzene rings is 2. The van der Waals surface area contributed by atoms with Crippen LogP contribution in [0.3, 0.4) is 0 Å². The van der Waals surface area contributed by atoms with Crippen molar-refractivity contribution in [3.8, 4) is 0 Å². The molecule has 0 aliphatic heterocycles. The van der Waals surface area contributed by atoms with Crippen LogP contribution in [-0.2, 0) is 4.74 Å². The number of hydrogen-bond acceptors (Lipinski definition) is 2. The van der Waals surface area contributed by atoms with E-state index in [9.17, 15) is 4.79 Å². The van der Waals surface area contributed by atoms with E-state index in [1.165, 1.54) is 0 Å². The highest BCUT2D eigenvalue weighted by molar-refractivity contribution is 6.06. The number of amides is 1. The molecular weight excluding hydrogens is 238 g/mol. The zero-order chi connectivity index (χ0) is 13.5. The average Bonchev–Trinajstić information content (AvgIpc) is 2.48. The monoisotopic (exact) mass is 253 g/mol. The molecule has 0 saturated heterocycles. The maximum absolute atomic E-state index is 12.0. The molecule has 0 heterocycles. The molecule has 3 heteroatoms. The maximum atomic E-state index is 12.0. The van der Waals surface area contributed by atoms with Gasteiger partial charge in [-0.1, -0.05) is 36.4 Å². The Morgan fingerprint density at radius 2 is 1.47 bits per heavy atom. The second kappa shape index (κ2) is 6.50. The van der Waals surface area contributed by atoms with E-state index in [1.54, 1.807) is 12.1 Å². The zero-order valence-corrected chi connectivity index (χ0v) is 10.7. The van der Waals surface area contributed by atoms with Crippen LogP contribution in [0, 0.1) is 0 Å². The molecule has 0 saturated carbocycles. The molecule has 19 heavy (non-hydrogen) atoms. The molecule has 0 radical (unpaired) electrons. The Balaban J connectivity index is 2.29.